The van der Waals surface area contributed by atoms with E-state index in [4.69, 9.17) is 4.74 Å². The summed E-state index contributed by atoms with van der Waals surface area (Å²) in [5.74, 6) is 0.143. The molecule has 1 fully saturated rings. The van der Waals surface area contributed by atoms with Crippen LogP contribution in [0.4, 0.5) is 0 Å². The third-order valence-corrected chi connectivity index (χ3v) is 3.62. The van der Waals surface area contributed by atoms with Crippen molar-refractivity contribution in [2.45, 2.75) is 58.1 Å². The van der Waals surface area contributed by atoms with E-state index in [1.54, 1.807) is 16.6 Å². The lowest BCUT2D eigenvalue weighted by Crippen LogP contribution is -2.44. The predicted octanol–water partition coefficient (Wildman–Crippen LogP) is 0.646. The standard InChI is InChI=1S/C14H23N5O3/c1-6-10(13(21)22-14(2,3)4)19-8-9(7-11(19)20)12-15-16-17-18(12)5/h9-10H,6-8H2,1-5H3. The Hall–Kier alpha value is -1.99. The van der Waals surface area contributed by atoms with Gasteiger partial charge < -0.3 is 9.64 Å². The molecule has 1 amide bonds. The molecule has 2 unspecified atom stereocenters. The van der Waals surface area contributed by atoms with Crippen LogP contribution in [-0.2, 0) is 21.4 Å². The second-order valence-corrected chi connectivity index (χ2v) is 6.57. The topological polar surface area (TPSA) is 90.2 Å². The molecule has 1 aliphatic heterocycles. The number of ether oxygens (including phenoxy) is 1. The quantitative estimate of drug-likeness (QED) is 0.758. The third-order valence-electron chi connectivity index (χ3n) is 3.62. The van der Waals surface area contributed by atoms with Crippen molar-refractivity contribution < 1.29 is 14.3 Å². The van der Waals surface area contributed by atoms with Gasteiger partial charge in [0.2, 0.25) is 5.91 Å². The fraction of sp³-hybridized carbons (Fsp3) is 0.786. The van der Waals surface area contributed by atoms with Crippen molar-refractivity contribution >= 4 is 11.9 Å². The number of tetrazole rings is 1. The average Bonchev–Trinajstić information content (AvgIpc) is 2.95. The molecule has 0 N–H and O–H groups in total. The van der Waals surface area contributed by atoms with Gasteiger partial charge in [-0.2, -0.15) is 0 Å². The highest BCUT2D eigenvalue weighted by molar-refractivity contribution is 5.86. The number of carbonyl (C=O) groups is 2. The van der Waals surface area contributed by atoms with Gasteiger partial charge in [-0.1, -0.05) is 6.92 Å². The van der Waals surface area contributed by atoms with Crippen LogP contribution in [0.25, 0.3) is 0 Å². The monoisotopic (exact) mass is 309 g/mol. The van der Waals surface area contributed by atoms with E-state index in [1.807, 2.05) is 27.7 Å². The van der Waals surface area contributed by atoms with Crippen LogP contribution >= 0.6 is 0 Å². The minimum Gasteiger partial charge on any atom is -0.458 e. The van der Waals surface area contributed by atoms with Crippen LogP contribution in [0.2, 0.25) is 0 Å². The molecule has 2 rings (SSSR count). The summed E-state index contributed by atoms with van der Waals surface area (Å²) >= 11 is 0. The molecular weight excluding hydrogens is 286 g/mol. The number of hydrogen-bond acceptors (Lipinski definition) is 6. The molecule has 1 aromatic heterocycles. The maximum Gasteiger partial charge on any atom is 0.329 e. The lowest BCUT2D eigenvalue weighted by Gasteiger charge is -2.29. The molecule has 0 aromatic carbocycles. The highest BCUT2D eigenvalue weighted by Crippen LogP contribution is 2.29. The Kier molecular flexibility index (Phi) is 4.48. The SMILES string of the molecule is CCC(C(=O)OC(C)(C)C)N1CC(c2nnnn2C)CC1=O. The van der Waals surface area contributed by atoms with Gasteiger partial charge in [-0.3, -0.25) is 4.79 Å². The van der Waals surface area contributed by atoms with Crippen molar-refractivity contribution in [2.24, 2.45) is 7.05 Å². The Balaban J connectivity index is 2.12. The van der Waals surface area contributed by atoms with Gasteiger partial charge in [-0.15, -0.1) is 5.10 Å². The van der Waals surface area contributed by atoms with Crippen LogP contribution in [-0.4, -0.2) is 55.2 Å². The summed E-state index contributed by atoms with van der Waals surface area (Å²) in [6.45, 7) is 7.76. The number of aryl methyl sites for hydroxylation is 1. The van der Waals surface area contributed by atoms with Gasteiger partial charge in [-0.25, -0.2) is 9.48 Å². The average molecular weight is 309 g/mol. The van der Waals surface area contributed by atoms with Crippen molar-refractivity contribution in [3.63, 3.8) is 0 Å². The highest BCUT2D eigenvalue weighted by atomic mass is 16.6. The number of rotatable bonds is 4. The fourth-order valence-electron chi connectivity index (χ4n) is 2.67. The molecule has 0 bridgehead atoms. The summed E-state index contributed by atoms with van der Waals surface area (Å²) in [6.07, 6.45) is 0.831. The number of likely N-dealkylation sites (tertiary alicyclic amines) is 1. The molecule has 2 atom stereocenters. The van der Waals surface area contributed by atoms with Gasteiger partial charge in [-0.05, 0) is 37.6 Å². The number of nitrogens with zero attached hydrogens (tertiary/aromatic N) is 5. The molecule has 8 nitrogen and oxygen atoms in total. The number of aromatic nitrogens is 4. The summed E-state index contributed by atoms with van der Waals surface area (Å²) in [4.78, 5) is 26.2. The molecule has 1 saturated heterocycles. The smallest absolute Gasteiger partial charge is 0.329 e. The van der Waals surface area contributed by atoms with E-state index in [9.17, 15) is 9.59 Å². The van der Waals surface area contributed by atoms with Crippen molar-refractivity contribution in [1.82, 2.24) is 25.1 Å². The Morgan fingerprint density at radius 3 is 2.64 bits per heavy atom. The van der Waals surface area contributed by atoms with Crippen LogP contribution < -0.4 is 0 Å². The Bertz CT molecular complexity index is 563. The van der Waals surface area contributed by atoms with Gasteiger partial charge in [0.15, 0.2) is 5.82 Å². The zero-order valence-electron chi connectivity index (χ0n) is 13.7. The molecule has 1 aliphatic rings. The molecule has 2 heterocycles. The van der Waals surface area contributed by atoms with Crippen LogP contribution in [0.5, 0.6) is 0 Å². The van der Waals surface area contributed by atoms with Crippen LogP contribution in [0.3, 0.4) is 0 Å². The number of amides is 1. The van der Waals surface area contributed by atoms with Gasteiger partial charge in [0.05, 0.1) is 0 Å². The van der Waals surface area contributed by atoms with Crippen LogP contribution in [0.1, 0.15) is 52.3 Å². The first kappa shape index (κ1) is 16.4. The summed E-state index contributed by atoms with van der Waals surface area (Å²) in [5, 5.41) is 11.4. The summed E-state index contributed by atoms with van der Waals surface area (Å²) in [6, 6.07) is -0.557. The molecule has 122 valence electrons. The van der Waals surface area contributed by atoms with E-state index in [2.05, 4.69) is 15.5 Å². The lowest BCUT2D eigenvalue weighted by atomic mass is 10.1. The van der Waals surface area contributed by atoms with Crippen molar-refractivity contribution in [1.29, 1.82) is 0 Å². The molecule has 8 heteroatoms. The first-order valence-corrected chi connectivity index (χ1v) is 7.47. The van der Waals surface area contributed by atoms with Gasteiger partial charge in [0, 0.05) is 25.9 Å². The minimum atomic E-state index is -0.569. The molecule has 1 aromatic rings. The molecule has 22 heavy (non-hydrogen) atoms. The zero-order chi connectivity index (χ0) is 16.5. The second-order valence-electron chi connectivity index (χ2n) is 6.57. The largest absolute Gasteiger partial charge is 0.458 e. The number of hydrogen-bond donors (Lipinski definition) is 0. The second kappa shape index (κ2) is 6.02. The summed E-state index contributed by atoms with van der Waals surface area (Å²) in [5.41, 5.74) is -0.569. The van der Waals surface area contributed by atoms with E-state index in [1.165, 1.54) is 0 Å². The fourth-order valence-corrected chi connectivity index (χ4v) is 2.67. The minimum absolute atomic E-state index is 0.0642. The molecule has 0 aliphatic carbocycles. The van der Waals surface area contributed by atoms with E-state index < -0.39 is 11.6 Å². The van der Waals surface area contributed by atoms with E-state index in [0.29, 0.717) is 25.2 Å². The number of esters is 1. The van der Waals surface area contributed by atoms with Gasteiger partial charge >= 0.3 is 5.97 Å². The van der Waals surface area contributed by atoms with Crippen LogP contribution in [0, 0.1) is 0 Å². The summed E-state index contributed by atoms with van der Waals surface area (Å²) < 4.78 is 6.99. The molecular formula is C14H23N5O3. The molecule has 0 radical (unpaired) electrons. The Morgan fingerprint density at radius 1 is 1.45 bits per heavy atom. The van der Waals surface area contributed by atoms with Crippen molar-refractivity contribution in [3.05, 3.63) is 5.82 Å². The summed E-state index contributed by atoms with van der Waals surface area (Å²) in [7, 11) is 1.74. The maximum atomic E-state index is 12.3. The van der Waals surface area contributed by atoms with E-state index >= 15 is 0 Å². The maximum absolute atomic E-state index is 12.3. The first-order valence-electron chi connectivity index (χ1n) is 7.47. The highest BCUT2D eigenvalue weighted by Gasteiger charge is 2.40. The Morgan fingerprint density at radius 2 is 2.14 bits per heavy atom. The first-order chi connectivity index (χ1) is 10.2. The lowest BCUT2D eigenvalue weighted by molar-refractivity contribution is -0.163. The van der Waals surface area contributed by atoms with Gasteiger partial charge in [0.1, 0.15) is 11.6 Å². The van der Waals surface area contributed by atoms with Gasteiger partial charge in [0.25, 0.3) is 0 Å². The molecule has 0 saturated carbocycles. The predicted molar refractivity (Wildman–Crippen MR) is 77.8 cm³/mol. The number of carbonyl (C=O) groups excluding carboxylic acids is 2. The van der Waals surface area contributed by atoms with E-state index in [0.717, 1.165) is 0 Å². The van der Waals surface area contributed by atoms with Crippen molar-refractivity contribution in [2.75, 3.05) is 6.54 Å². The Labute approximate surface area is 129 Å². The van der Waals surface area contributed by atoms with E-state index in [-0.39, 0.29) is 17.8 Å². The zero-order valence-corrected chi connectivity index (χ0v) is 13.7. The normalized spacial score (nSPS) is 20.3. The molecule has 0 spiro atoms. The third kappa shape index (κ3) is 3.42. The van der Waals surface area contributed by atoms with Crippen molar-refractivity contribution in [3.8, 4) is 0 Å². The van der Waals surface area contributed by atoms with Crippen LogP contribution in [0.15, 0.2) is 0 Å².